The number of nitro benzene ring substituents is 1. The van der Waals surface area contributed by atoms with Gasteiger partial charge in [-0.2, -0.15) is 0 Å². The van der Waals surface area contributed by atoms with Gasteiger partial charge in [0.1, 0.15) is 0 Å². The Balaban J connectivity index is 2.84. The van der Waals surface area contributed by atoms with Crippen molar-refractivity contribution >= 4 is 38.0 Å². The monoisotopic (exact) mass is 328 g/mol. The molecule has 112 valence electrons. The second kappa shape index (κ2) is 5.57. The molecule has 0 saturated carbocycles. The van der Waals surface area contributed by atoms with Crippen molar-refractivity contribution in [1.82, 2.24) is 4.98 Å². The minimum atomic E-state index is -3.68. The quantitative estimate of drug-likeness (QED) is 0.489. The summed E-state index contributed by atoms with van der Waals surface area (Å²) in [6.45, 7) is 3.17. The summed E-state index contributed by atoms with van der Waals surface area (Å²) in [6.07, 6.45) is 0. The van der Waals surface area contributed by atoms with Crippen molar-refractivity contribution in [2.45, 2.75) is 24.0 Å². The normalized spacial score (nSPS) is 13.3. The molecule has 8 heteroatoms. The van der Waals surface area contributed by atoms with Crippen LogP contribution < -0.4 is 0 Å². The van der Waals surface area contributed by atoms with Gasteiger partial charge in [0.15, 0.2) is 9.84 Å². The number of aryl methyl sites for hydroxylation is 1. The summed E-state index contributed by atoms with van der Waals surface area (Å²) in [5, 5.41) is 10.3. The molecule has 0 N–H and O–H groups in total. The minimum Gasteiger partial charge on any atom is -0.258 e. The molecule has 0 bridgehead atoms. The number of sulfone groups is 1. The van der Waals surface area contributed by atoms with Crippen LogP contribution in [0.2, 0.25) is 0 Å². The molecule has 0 saturated heterocycles. The van der Waals surface area contributed by atoms with E-state index in [9.17, 15) is 18.5 Å². The third-order valence-corrected chi connectivity index (χ3v) is 5.97. The van der Waals surface area contributed by atoms with Crippen LogP contribution >= 0.6 is 11.6 Å². The number of halogens is 1. The van der Waals surface area contributed by atoms with Crippen molar-refractivity contribution in [2.24, 2.45) is 0 Å². The fourth-order valence-electron chi connectivity index (χ4n) is 1.96. The number of nitro groups is 1. The molecular weight excluding hydrogens is 316 g/mol. The average Bonchev–Trinajstić information content (AvgIpc) is 2.44. The maximum Gasteiger partial charge on any atom is 0.270 e. The van der Waals surface area contributed by atoms with Crippen LogP contribution in [-0.4, -0.2) is 29.5 Å². The second-order valence-electron chi connectivity index (χ2n) is 4.73. The van der Waals surface area contributed by atoms with Crippen LogP contribution in [0.3, 0.4) is 0 Å². The van der Waals surface area contributed by atoms with E-state index in [0.717, 1.165) is 0 Å². The highest BCUT2D eigenvalue weighted by Crippen LogP contribution is 2.29. The smallest absolute Gasteiger partial charge is 0.258 e. The summed E-state index contributed by atoms with van der Waals surface area (Å²) in [4.78, 5) is 14.6. The Hall–Kier alpha value is -1.73. The molecule has 0 radical (unpaired) electrons. The van der Waals surface area contributed by atoms with Crippen LogP contribution in [0.5, 0.6) is 0 Å². The first-order chi connectivity index (χ1) is 9.77. The standard InChI is InChI=1S/C13H13ClN2O4S/c1-8-5-13(21(19,20)9(2)7-14)11-6-10(16(17)18)3-4-12(11)15-8/h3-6,9H,7H2,1-2H3. The van der Waals surface area contributed by atoms with E-state index in [1.165, 1.54) is 31.2 Å². The highest BCUT2D eigenvalue weighted by Gasteiger charge is 2.26. The third-order valence-electron chi connectivity index (χ3n) is 3.15. The van der Waals surface area contributed by atoms with Gasteiger partial charge in [-0.3, -0.25) is 15.1 Å². The molecule has 1 aromatic carbocycles. The molecule has 1 atom stereocenters. The zero-order chi connectivity index (χ0) is 15.8. The number of fused-ring (bicyclic) bond motifs is 1. The predicted molar refractivity (Wildman–Crippen MR) is 80.5 cm³/mol. The summed E-state index contributed by atoms with van der Waals surface area (Å²) in [5.41, 5.74) is 0.751. The van der Waals surface area contributed by atoms with Crippen LogP contribution in [0.25, 0.3) is 10.9 Å². The molecule has 0 fully saturated rings. The first kappa shape index (κ1) is 15.7. The summed E-state index contributed by atoms with van der Waals surface area (Å²) in [5.74, 6) is -0.0554. The van der Waals surface area contributed by atoms with E-state index in [1.54, 1.807) is 6.92 Å². The van der Waals surface area contributed by atoms with E-state index in [2.05, 4.69) is 4.98 Å². The number of nitrogens with zero attached hydrogens (tertiary/aromatic N) is 2. The van der Waals surface area contributed by atoms with E-state index < -0.39 is 20.0 Å². The Bertz CT molecular complexity index is 820. The molecule has 2 aromatic rings. The Morgan fingerprint density at radius 2 is 2.05 bits per heavy atom. The van der Waals surface area contributed by atoms with Gasteiger partial charge >= 0.3 is 0 Å². The summed E-state index contributed by atoms with van der Waals surface area (Å²) in [7, 11) is -3.68. The number of alkyl halides is 1. The SMILES string of the molecule is Cc1cc(S(=O)(=O)C(C)CCl)c2cc([N+](=O)[O-])ccc2n1. The van der Waals surface area contributed by atoms with Gasteiger partial charge in [-0.15, -0.1) is 11.6 Å². The van der Waals surface area contributed by atoms with Crippen LogP contribution in [0.4, 0.5) is 5.69 Å². The summed E-state index contributed by atoms with van der Waals surface area (Å²) >= 11 is 5.66. The largest absolute Gasteiger partial charge is 0.270 e. The van der Waals surface area contributed by atoms with E-state index in [-0.39, 0.29) is 21.8 Å². The first-order valence-corrected chi connectivity index (χ1v) is 8.21. The van der Waals surface area contributed by atoms with Crippen molar-refractivity contribution in [3.63, 3.8) is 0 Å². The summed E-state index contributed by atoms with van der Waals surface area (Å²) < 4.78 is 25.1. The third kappa shape index (κ3) is 2.84. The minimum absolute atomic E-state index is 0.0295. The molecule has 0 spiro atoms. The number of benzene rings is 1. The molecular formula is C13H13ClN2O4S. The Morgan fingerprint density at radius 1 is 1.38 bits per heavy atom. The van der Waals surface area contributed by atoms with Crippen molar-refractivity contribution in [1.29, 1.82) is 0 Å². The van der Waals surface area contributed by atoms with E-state index in [1.807, 2.05) is 0 Å². The van der Waals surface area contributed by atoms with E-state index >= 15 is 0 Å². The molecule has 1 unspecified atom stereocenters. The van der Waals surface area contributed by atoms with Crippen LogP contribution in [0.1, 0.15) is 12.6 Å². The number of pyridine rings is 1. The van der Waals surface area contributed by atoms with Gasteiger partial charge in [0, 0.05) is 29.1 Å². The zero-order valence-corrected chi connectivity index (χ0v) is 13.0. The highest BCUT2D eigenvalue weighted by molar-refractivity contribution is 7.92. The number of hydrogen-bond donors (Lipinski definition) is 0. The van der Waals surface area contributed by atoms with Gasteiger partial charge in [0.25, 0.3) is 5.69 Å². The van der Waals surface area contributed by atoms with Crippen LogP contribution in [-0.2, 0) is 9.84 Å². The lowest BCUT2D eigenvalue weighted by molar-refractivity contribution is -0.384. The Labute approximate surface area is 126 Å². The van der Waals surface area contributed by atoms with Crippen molar-refractivity contribution in [2.75, 3.05) is 5.88 Å². The van der Waals surface area contributed by atoms with E-state index in [0.29, 0.717) is 11.2 Å². The number of aromatic nitrogens is 1. The Morgan fingerprint density at radius 3 is 2.62 bits per heavy atom. The molecule has 0 aliphatic heterocycles. The van der Waals surface area contributed by atoms with Gasteiger partial charge < -0.3 is 0 Å². The Kier molecular flexibility index (Phi) is 4.15. The fourth-order valence-corrected chi connectivity index (χ4v) is 3.86. The van der Waals surface area contributed by atoms with Gasteiger partial charge in [-0.05, 0) is 26.0 Å². The lowest BCUT2D eigenvalue weighted by Crippen LogP contribution is -2.20. The van der Waals surface area contributed by atoms with Crippen LogP contribution in [0.15, 0.2) is 29.2 Å². The molecule has 21 heavy (non-hydrogen) atoms. The van der Waals surface area contributed by atoms with Gasteiger partial charge in [0.05, 0.1) is 20.6 Å². The van der Waals surface area contributed by atoms with Gasteiger partial charge in [-0.25, -0.2) is 8.42 Å². The molecule has 0 amide bonds. The number of rotatable bonds is 4. The molecule has 2 rings (SSSR count). The first-order valence-electron chi connectivity index (χ1n) is 6.13. The molecule has 1 heterocycles. The maximum atomic E-state index is 12.5. The second-order valence-corrected chi connectivity index (χ2v) is 7.37. The number of hydrogen-bond acceptors (Lipinski definition) is 5. The maximum absolute atomic E-state index is 12.5. The van der Waals surface area contributed by atoms with Crippen molar-refractivity contribution in [3.8, 4) is 0 Å². The van der Waals surface area contributed by atoms with Crippen molar-refractivity contribution in [3.05, 3.63) is 40.1 Å². The summed E-state index contributed by atoms with van der Waals surface area (Å²) in [6, 6.07) is 5.40. The topological polar surface area (TPSA) is 90.2 Å². The number of non-ortho nitro benzene ring substituents is 1. The zero-order valence-electron chi connectivity index (χ0n) is 11.4. The fraction of sp³-hybridized carbons (Fsp3) is 0.308. The lowest BCUT2D eigenvalue weighted by Gasteiger charge is -2.13. The molecule has 0 aliphatic rings. The van der Waals surface area contributed by atoms with Crippen LogP contribution in [0, 0.1) is 17.0 Å². The average molecular weight is 329 g/mol. The van der Waals surface area contributed by atoms with E-state index in [4.69, 9.17) is 11.6 Å². The highest BCUT2D eigenvalue weighted by atomic mass is 35.5. The van der Waals surface area contributed by atoms with Gasteiger partial charge in [-0.1, -0.05) is 0 Å². The lowest BCUT2D eigenvalue weighted by atomic mass is 10.2. The predicted octanol–water partition coefficient (Wildman–Crippen LogP) is 2.85. The van der Waals surface area contributed by atoms with Gasteiger partial charge in [0.2, 0.25) is 0 Å². The molecule has 1 aromatic heterocycles. The van der Waals surface area contributed by atoms with Crippen molar-refractivity contribution < 1.29 is 13.3 Å². The molecule has 6 nitrogen and oxygen atoms in total. The molecule has 0 aliphatic carbocycles.